The van der Waals surface area contributed by atoms with Gasteiger partial charge in [-0.2, -0.15) is 0 Å². The van der Waals surface area contributed by atoms with Crippen molar-refractivity contribution in [1.29, 1.82) is 0 Å². The van der Waals surface area contributed by atoms with E-state index in [1.807, 2.05) is 11.0 Å². The van der Waals surface area contributed by atoms with Gasteiger partial charge in [0, 0.05) is 55.4 Å². The molecule has 0 atom stereocenters. The zero-order valence-corrected chi connectivity index (χ0v) is 14.6. The van der Waals surface area contributed by atoms with E-state index in [0.29, 0.717) is 18.7 Å². The average Bonchev–Trinajstić information content (AvgIpc) is 3.10. The molecule has 0 spiro atoms. The van der Waals surface area contributed by atoms with Gasteiger partial charge in [0.1, 0.15) is 5.82 Å². The Bertz CT molecular complexity index is 895. The Balaban J connectivity index is 1.31. The number of nitrogens with one attached hydrogen (secondary N) is 1. The summed E-state index contributed by atoms with van der Waals surface area (Å²) in [7, 11) is 0. The fraction of sp³-hybridized carbons (Fsp3) is 0.286. The highest BCUT2D eigenvalue weighted by Crippen LogP contribution is 2.18. The molecule has 1 saturated heterocycles. The quantitative estimate of drug-likeness (QED) is 0.783. The third-order valence-electron chi connectivity index (χ3n) is 5.12. The van der Waals surface area contributed by atoms with Gasteiger partial charge in [0.25, 0.3) is 5.91 Å². The van der Waals surface area contributed by atoms with Crippen LogP contribution in [0.1, 0.15) is 15.9 Å². The van der Waals surface area contributed by atoms with Crippen molar-refractivity contribution < 1.29 is 9.18 Å². The number of hydrogen-bond donors (Lipinski definition) is 1. The highest BCUT2D eigenvalue weighted by molar-refractivity contribution is 5.94. The van der Waals surface area contributed by atoms with Crippen LogP contribution in [0.3, 0.4) is 0 Å². The van der Waals surface area contributed by atoms with E-state index in [1.54, 1.807) is 12.1 Å². The topological polar surface area (TPSA) is 39.3 Å². The van der Waals surface area contributed by atoms with Crippen molar-refractivity contribution in [1.82, 2.24) is 14.8 Å². The van der Waals surface area contributed by atoms with Crippen molar-refractivity contribution in [3.63, 3.8) is 0 Å². The van der Waals surface area contributed by atoms with Gasteiger partial charge in [-0.1, -0.05) is 18.2 Å². The van der Waals surface area contributed by atoms with Crippen LogP contribution in [-0.4, -0.2) is 53.4 Å². The number of H-pyrrole nitrogens is 1. The van der Waals surface area contributed by atoms with Gasteiger partial charge in [0.05, 0.1) is 0 Å². The summed E-state index contributed by atoms with van der Waals surface area (Å²) in [5, 5.41) is 1.29. The Morgan fingerprint density at radius 2 is 1.73 bits per heavy atom. The first-order chi connectivity index (χ1) is 12.7. The van der Waals surface area contributed by atoms with E-state index >= 15 is 0 Å². The maximum absolute atomic E-state index is 13.0. The summed E-state index contributed by atoms with van der Waals surface area (Å²) in [6, 6.07) is 14.1. The summed E-state index contributed by atoms with van der Waals surface area (Å²) < 4.78 is 13.0. The molecule has 0 saturated carbocycles. The van der Waals surface area contributed by atoms with Gasteiger partial charge in [0.15, 0.2) is 0 Å². The minimum atomic E-state index is -0.316. The zero-order chi connectivity index (χ0) is 17.9. The van der Waals surface area contributed by atoms with Crippen molar-refractivity contribution in [3.8, 4) is 0 Å². The average molecular weight is 351 g/mol. The lowest BCUT2D eigenvalue weighted by Crippen LogP contribution is -2.49. The maximum atomic E-state index is 13.0. The number of hydrogen-bond acceptors (Lipinski definition) is 2. The fourth-order valence-corrected chi connectivity index (χ4v) is 3.57. The molecule has 4 rings (SSSR count). The van der Waals surface area contributed by atoms with E-state index < -0.39 is 0 Å². The predicted octanol–water partition coefficient (Wildman–Crippen LogP) is 3.31. The normalized spacial score (nSPS) is 15.5. The van der Waals surface area contributed by atoms with E-state index in [4.69, 9.17) is 0 Å². The number of benzene rings is 2. The molecule has 0 bridgehead atoms. The van der Waals surface area contributed by atoms with Crippen molar-refractivity contribution in [2.24, 2.45) is 0 Å². The van der Waals surface area contributed by atoms with E-state index in [0.717, 1.165) is 26.1 Å². The number of amides is 1. The molecule has 1 aromatic heterocycles. The van der Waals surface area contributed by atoms with Crippen molar-refractivity contribution in [2.45, 2.75) is 6.42 Å². The van der Waals surface area contributed by atoms with Gasteiger partial charge in [-0.25, -0.2) is 4.39 Å². The maximum Gasteiger partial charge on any atom is 0.253 e. The third kappa shape index (κ3) is 3.48. The largest absolute Gasteiger partial charge is 0.361 e. The second-order valence-electron chi connectivity index (χ2n) is 6.75. The van der Waals surface area contributed by atoms with Gasteiger partial charge in [-0.3, -0.25) is 9.69 Å². The highest BCUT2D eigenvalue weighted by atomic mass is 19.1. The number of aromatic amines is 1. The van der Waals surface area contributed by atoms with Crippen molar-refractivity contribution >= 4 is 16.8 Å². The summed E-state index contributed by atoms with van der Waals surface area (Å²) in [6.07, 6.45) is 3.09. The minimum Gasteiger partial charge on any atom is -0.361 e. The van der Waals surface area contributed by atoms with Crippen LogP contribution < -0.4 is 0 Å². The van der Waals surface area contributed by atoms with E-state index in [1.165, 1.54) is 28.6 Å². The van der Waals surface area contributed by atoms with Crippen LogP contribution >= 0.6 is 0 Å². The Kier molecular flexibility index (Phi) is 4.71. The molecule has 1 N–H and O–H groups in total. The molecule has 1 fully saturated rings. The summed E-state index contributed by atoms with van der Waals surface area (Å²) in [5.41, 5.74) is 3.07. The Morgan fingerprint density at radius 3 is 2.50 bits per heavy atom. The van der Waals surface area contributed by atoms with Crippen molar-refractivity contribution in [2.75, 3.05) is 32.7 Å². The molecule has 26 heavy (non-hydrogen) atoms. The number of halogens is 1. The molecule has 0 radical (unpaired) electrons. The van der Waals surface area contributed by atoms with E-state index in [2.05, 4.69) is 34.3 Å². The summed E-state index contributed by atoms with van der Waals surface area (Å²) in [6.45, 7) is 4.15. The molecule has 3 aromatic rings. The predicted molar refractivity (Wildman–Crippen MR) is 101 cm³/mol. The van der Waals surface area contributed by atoms with Crippen LogP contribution in [-0.2, 0) is 6.42 Å². The highest BCUT2D eigenvalue weighted by Gasteiger charge is 2.22. The first-order valence-corrected chi connectivity index (χ1v) is 9.03. The molecule has 5 heteroatoms. The molecular formula is C21H22FN3O. The van der Waals surface area contributed by atoms with Gasteiger partial charge < -0.3 is 9.88 Å². The molecule has 2 heterocycles. The van der Waals surface area contributed by atoms with E-state index in [-0.39, 0.29) is 11.7 Å². The third-order valence-corrected chi connectivity index (χ3v) is 5.12. The molecule has 1 amide bonds. The van der Waals surface area contributed by atoms with Crippen LogP contribution in [0.15, 0.2) is 54.7 Å². The molecule has 4 nitrogen and oxygen atoms in total. The summed E-state index contributed by atoms with van der Waals surface area (Å²) >= 11 is 0. The minimum absolute atomic E-state index is 0.0127. The van der Waals surface area contributed by atoms with Crippen LogP contribution in [0.4, 0.5) is 4.39 Å². The number of fused-ring (bicyclic) bond motifs is 1. The number of carbonyl (C=O) groups is 1. The summed E-state index contributed by atoms with van der Waals surface area (Å²) in [4.78, 5) is 20.1. The monoisotopic (exact) mass is 351 g/mol. The van der Waals surface area contributed by atoms with E-state index in [9.17, 15) is 9.18 Å². The molecule has 2 aromatic carbocycles. The van der Waals surface area contributed by atoms with Gasteiger partial charge in [-0.15, -0.1) is 0 Å². The second-order valence-corrected chi connectivity index (χ2v) is 6.75. The number of carbonyl (C=O) groups excluding carboxylic acids is 1. The van der Waals surface area contributed by atoms with Crippen LogP contribution in [0.5, 0.6) is 0 Å². The van der Waals surface area contributed by atoms with Gasteiger partial charge >= 0.3 is 0 Å². The molecule has 0 aliphatic carbocycles. The molecule has 0 unspecified atom stereocenters. The van der Waals surface area contributed by atoms with Crippen LogP contribution in [0.2, 0.25) is 0 Å². The molecule has 134 valence electrons. The number of para-hydroxylation sites is 1. The lowest BCUT2D eigenvalue weighted by Gasteiger charge is -2.34. The zero-order valence-electron chi connectivity index (χ0n) is 14.6. The Hall–Kier alpha value is -2.66. The molecular weight excluding hydrogens is 329 g/mol. The second kappa shape index (κ2) is 7.30. The lowest BCUT2D eigenvalue weighted by atomic mass is 10.1. The van der Waals surface area contributed by atoms with Crippen LogP contribution in [0.25, 0.3) is 10.9 Å². The first kappa shape index (κ1) is 16.8. The molecule has 1 aliphatic rings. The number of piperazine rings is 1. The smallest absolute Gasteiger partial charge is 0.253 e. The SMILES string of the molecule is O=C(c1ccc(F)cc1)N1CCN(CCc2c[nH]c3ccccc23)CC1. The first-order valence-electron chi connectivity index (χ1n) is 9.03. The van der Waals surface area contributed by atoms with Gasteiger partial charge in [0.2, 0.25) is 0 Å². The molecule has 1 aliphatic heterocycles. The Morgan fingerprint density at radius 1 is 1.00 bits per heavy atom. The number of nitrogens with zero attached hydrogens (tertiary/aromatic N) is 2. The fourth-order valence-electron chi connectivity index (χ4n) is 3.57. The number of aromatic nitrogens is 1. The van der Waals surface area contributed by atoms with Crippen LogP contribution in [0, 0.1) is 5.82 Å². The lowest BCUT2D eigenvalue weighted by molar-refractivity contribution is 0.0638. The van der Waals surface area contributed by atoms with Gasteiger partial charge in [-0.05, 0) is 42.3 Å². The summed E-state index contributed by atoms with van der Waals surface area (Å²) in [5.74, 6) is -0.329. The standard InChI is InChI=1S/C21H22FN3O/c22-18-7-5-16(6-8-18)21(26)25-13-11-24(12-14-25)10-9-17-15-23-20-4-2-1-3-19(17)20/h1-8,15,23H,9-14H2. The van der Waals surface area contributed by atoms with Crippen molar-refractivity contribution in [3.05, 3.63) is 71.7 Å². The number of rotatable bonds is 4. The Labute approximate surface area is 152 Å².